The summed E-state index contributed by atoms with van der Waals surface area (Å²) in [7, 11) is 0. The zero-order chi connectivity index (χ0) is 9.47. The van der Waals surface area contributed by atoms with E-state index in [1.807, 2.05) is 6.92 Å². The molecule has 4 heteroatoms. The normalized spacial score (nSPS) is 31.4. The Morgan fingerprint density at radius 1 is 1.85 bits per heavy atom. The number of hydrogen-bond acceptors (Lipinski definition) is 4. The van der Waals surface area contributed by atoms with Gasteiger partial charge in [-0.1, -0.05) is 6.92 Å². The lowest BCUT2D eigenvalue weighted by Crippen LogP contribution is -2.17. The second-order valence-corrected chi connectivity index (χ2v) is 4.56. The molecule has 70 valence electrons. The molecule has 0 saturated heterocycles. The van der Waals surface area contributed by atoms with Gasteiger partial charge in [0, 0.05) is 0 Å². The van der Waals surface area contributed by atoms with Crippen molar-refractivity contribution in [2.45, 2.75) is 25.9 Å². The second-order valence-electron chi connectivity index (χ2n) is 3.67. The molecule has 0 bridgehead atoms. The van der Waals surface area contributed by atoms with Crippen molar-refractivity contribution in [2.24, 2.45) is 5.92 Å². The van der Waals surface area contributed by atoms with Crippen LogP contribution in [-0.2, 0) is 4.74 Å². The van der Waals surface area contributed by atoms with Gasteiger partial charge in [-0.15, -0.1) is 11.3 Å². The Balaban J connectivity index is 2.01. The van der Waals surface area contributed by atoms with Crippen molar-refractivity contribution in [1.82, 2.24) is 4.98 Å². The van der Waals surface area contributed by atoms with Crippen molar-refractivity contribution in [3.63, 3.8) is 0 Å². The van der Waals surface area contributed by atoms with Gasteiger partial charge in [-0.2, -0.15) is 0 Å². The monoisotopic (exact) mass is 197 g/mol. The van der Waals surface area contributed by atoms with Crippen LogP contribution in [0.1, 0.15) is 29.9 Å². The van der Waals surface area contributed by atoms with E-state index in [-0.39, 0.29) is 11.6 Å². The summed E-state index contributed by atoms with van der Waals surface area (Å²) >= 11 is 1.32. The Bertz CT molecular complexity index is 322. The Morgan fingerprint density at radius 3 is 3.00 bits per heavy atom. The van der Waals surface area contributed by atoms with E-state index in [1.165, 1.54) is 11.3 Å². The van der Waals surface area contributed by atoms with Gasteiger partial charge in [0.15, 0.2) is 0 Å². The Kier molecular flexibility index (Phi) is 1.87. The summed E-state index contributed by atoms with van der Waals surface area (Å²) < 4.78 is 5.34. The fourth-order valence-corrected chi connectivity index (χ4v) is 1.76. The molecule has 2 atom stereocenters. The number of carbonyl (C=O) groups is 1. The second kappa shape index (κ2) is 2.80. The maximum Gasteiger partial charge on any atom is 0.350 e. The molecular formula is C9H11NO2S. The number of hydrogen-bond donors (Lipinski definition) is 0. The molecule has 0 radical (unpaired) electrons. The minimum absolute atomic E-state index is 0.221. The molecule has 0 N–H and O–H groups in total. The van der Waals surface area contributed by atoms with Crippen LogP contribution in [0.4, 0.5) is 0 Å². The van der Waals surface area contributed by atoms with E-state index < -0.39 is 0 Å². The van der Waals surface area contributed by atoms with Crippen LogP contribution < -0.4 is 0 Å². The maximum atomic E-state index is 11.5. The molecule has 1 aliphatic rings. The van der Waals surface area contributed by atoms with Crippen LogP contribution in [-0.4, -0.2) is 16.6 Å². The summed E-state index contributed by atoms with van der Waals surface area (Å²) in [6.07, 6.45) is 2.51. The first-order valence-corrected chi connectivity index (χ1v) is 5.11. The van der Waals surface area contributed by atoms with Crippen molar-refractivity contribution in [3.8, 4) is 0 Å². The van der Waals surface area contributed by atoms with Gasteiger partial charge < -0.3 is 4.74 Å². The van der Waals surface area contributed by atoms with Crippen LogP contribution >= 0.6 is 11.3 Å². The minimum atomic E-state index is -0.241. The highest BCUT2D eigenvalue weighted by Crippen LogP contribution is 2.46. The average molecular weight is 197 g/mol. The predicted octanol–water partition coefficient (Wildman–Crippen LogP) is 2.10. The third-order valence-corrected chi connectivity index (χ3v) is 3.31. The number of rotatable bonds is 2. The zero-order valence-corrected chi connectivity index (χ0v) is 8.43. The summed E-state index contributed by atoms with van der Waals surface area (Å²) in [6, 6.07) is 0. The van der Waals surface area contributed by atoms with Crippen molar-refractivity contribution in [3.05, 3.63) is 16.6 Å². The van der Waals surface area contributed by atoms with Crippen LogP contribution in [0, 0.1) is 5.92 Å². The van der Waals surface area contributed by atoms with E-state index in [9.17, 15) is 4.79 Å². The largest absolute Gasteiger partial charge is 0.455 e. The Hall–Kier alpha value is -0.900. The van der Waals surface area contributed by atoms with Gasteiger partial charge in [0.05, 0.1) is 11.7 Å². The lowest BCUT2D eigenvalue weighted by Gasteiger charge is -2.10. The third kappa shape index (κ3) is 1.58. The van der Waals surface area contributed by atoms with Crippen LogP contribution in [0.25, 0.3) is 0 Å². The van der Waals surface area contributed by atoms with Gasteiger partial charge in [-0.3, -0.25) is 4.98 Å². The van der Waals surface area contributed by atoms with E-state index in [2.05, 4.69) is 11.9 Å². The SMILES string of the molecule is CC1CC1(C)OC(=O)c1cncs1. The number of nitrogens with zero attached hydrogens (tertiary/aromatic N) is 1. The third-order valence-electron chi connectivity index (χ3n) is 2.55. The van der Waals surface area contributed by atoms with Crippen LogP contribution in [0.15, 0.2) is 11.7 Å². The molecule has 0 aromatic carbocycles. The topological polar surface area (TPSA) is 39.2 Å². The highest BCUT2D eigenvalue weighted by Gasteiger charge is 2.50. The van der Waals surface area contributed by atoms with E-state index in [4.69, 9.17) is 4.74 Å². The first-order chi connectivity index (χ1) is 6.12. The number of esters is 1. The van der Waals surface area contributed by atoms with Crippen LogP contribution in [0.5, 0.6) is 0 Å². The van der Waals surface area contributed by atoms with Gasteiger partial charge in [-0.25, -0.2) is 4.79 Å². The van der Waals surface area contributed by atoms with E-state index in [1.54, 1.807) is 11.7 Å². The van der Waals surface area contributed by atoms with Crippen molar-refractivity contribution >= 4 is 17.3 Å². The molecule has 13 heavy (non-hydrogen) atoms. The minimum Gasteiger partial charge on any atom is -0.455 e. The predicted molar refractivity (Wildman–Crippen MR) is 49.7 cm³/mol. The molecule has 0 amide bonds. The molecule has 1 saturated carbocycles. The van der Waals surface area contributed by atoms with E-state index >= 15 is 0 Å². The van der Waals surface area contributed by atoms with E-state index in [0.29, 0.717) is 10.8 Å². The van der Waals surface area contributed by atoms with Crippen LogP contribution in [0.2, 0.25) is 0 Å². The molecule has 1 aromatic rings. The standard InChI is InChI=1S/C9H11NO2S/c1-6-3-9(6,2)12-8(11)7-4-10-5-13-7/h4-6H,3H2,1-2H3. The maximum absolute atomic E-state index is 11.5. The average Bonchev–Trinajstić information content (AvgIpc) is 2.58. The molecule has 0 aliphatic heterocycles. The number of ether oxygens (including phenoxy) is 1. The number of thiazole rings is 1. The molecule has 1 aromatic heterocycles. The number of carbonyl (C=O) groups excluding carboxylic acids is 1. The smallest absolute Gasteiger partial charge is 0.350 e. The van der Waals surface area contributed by atoms with Gasteiger partial charge in [0.25, 0.3) is 0 Å². The first-order valence-electron chi connectivity index (χ1n) is 4.24. The molecule has 0 spiro atoms. The summed E-state index contributed by atoms with van der Waals surface area (Å²) in [6.45, 7) is 4.05. The lowest BCUT2D eigenvalue weighted by molar-refractivity contribution is 0.0244. The first kappa shape index (κ1) is 8.69. The highest BCUT2D eigenvalue weighted by molar-refractivity contribution is 7.11. The van der Waals surface area contributed by atoms with Gasteiger partial charge in [-0.05, 0) is 19.3 Å². The summed E-state index contributed by atoms with van der Waals surface area (Å²) in [5.41, 5.74) is 1.41. The van der Waals surface area contributed by atoms with Crippen molar-refractivity contribution < 1.29 is 9.53 Å². The molecule has 3 nitrogen and oxygen atoms in total. The molecule has 1 fully saturated rings. The summed E-state index contributed by atoms with van der Waals surface area (Å²) in [4.78, 5) is 15.9. The van der Waals surface area contributed by atoms with Crippen LogP contribution in [0.3, 0.4) is 0 Å². The molecule has 1 aliphatic carbocycles. The van der Waals surface area contributed by atoms with Gasteiger partial charge in [0.1, 0.15) is 10.5 Å². The summed E-state index contributed by atoms with van der Waals surface area (Å²) in [5, 5.41) is 0. The molecule has 2 unspecified atom stereocenters. The van der Waals surface area contributed by atoms with Crippen molar-refractivity contribution in [1.29, 1.82) is 0 Å². The Morgan fingerprint density at radius 2 is 2.54 bits per heavy atom. The van der Waals surface area contributed by atoms with Crippen molar-refractivity contribution in [2.75, 3.05) is 0 Å². The van der Waals surface area contributed by atoms with Gasteiger partial charge in [0.2, 0.25) is 0 Å². The number of aromatic nitrogens is 1. The molecule has 2 rings (SSSR count). The Labute approximate surface area is 80.8 Å². The molecule has 1 heterocycles. The zero-order valence-electron chi connectivity index (χ0n) is 7.61. The fraction of sp³-hybridized carbons (Fsp3) is 0.556. The highest BCUT2D eigenvalue weighted by atomic mass is 32.1. The molecular weight excluding hydrogens is 186 g/mol. The fourth-order valence-electron chi connectivity index (χ4n) is 1.27. The lowest BCUT2D eigenvalue weighted by atomic mass is 10.3. The van der Waals surface area contributed by atoms with E-state index in [0.717, 1.165) is 6.42 Å². The summed E-state index contributed by atoms with van der Waals surface area (Å²) in [5.74, 6) is 0.249. The quantitative estimate of drug-likeness (QED) is 0.681. The van der Waals surface area contributed by atoms with Gasteiger partial charge >= 0.3 is 5.97 Å².